The van der Waals surface area contributed by atoms with Gasteiger partial charge in [0.2, 0.25) is 0 Å². The van der Waals surface area contributed by atoms with Crippen LogP contribution in [0.25, 0.3) is 11.1 Å². The average molecular weight is 611 g/mol. The number of aliphatic hydroxyl groups is 2. The minimum atomic E-state index is -3.90. The van der Waals surface area contributed by atoms with E-state index in [4.69, 9.17) is 0 Å². The highest BCUT2D eigenvalue weighted by Gasteiger charge is 2.67. The van der Waals surface area contributed by atoms with Gasteiger partial charge in [0.25, 0.3) is 0 Å². The van der Waals surface area contributed by atoms with E-state index in [1.165, 1.54) is 24.3 Å². The number of alkyl halides is 4. The summed E-state index contributed by atoms with van der Waals surface area (Å²) in [5.74, 6) is -12.2. The molecule has 4 aliphatic rings. The fourth-order valence-corrected chi connectivity index (χ4v) is 8.68. The lowest BCUT2D eigenvalue weighted by Gasteiger charge is -2.31. The molecule has 0 radical (unpaired) electrons. The number of carbonyl (C=O) groups excluding carboxylic acids is 2. The largest absolute Gasteiger partial charge is 0.506 e. The molecule has 0 spiro atoms. The van der Waals surface area contributed by atoms with Gasteiger partial charge in [-0.1, -0.05) is 77.9 Å². The Labute approximate surface area is 254 Å². The van der Waals surface area contributed by atoms with Crippen LogP contribution in [-0.4, -0.2) is 21.8 Å². The Morgan fingerprint density at radius 1 is 0.659 bits per heavy atom. The van der Waals surface area contributed by atoms with Gasteiger partial charge in [-0.25, -0.2) is 0 Å². The molecule has 44 heavy (non-hydrogen) atoms. The fourth-order valence-electron chi connectivity index (χ4n) is 8.68. The fraction of sp³-hybridized carbons (Fsp3) is 0.500. The number of hydrogen-bond acceptors (Lipinski definition) is 4. The number of Topliss-reactive ketones (excluding diaryl/α,β-unsaturated/α-hetero) is 2. The standard InChI is InChI=1S/C36H38F4O4/c1-31(2)23-13-15-33(31,5)27(41)25(23)29(43)35(37,38)21-11-7-9-19(17-21)20-10-8-12-22(18-20)36(39,40)30(44)26-24-14-16-34(6,28(26)42)32(24,3)4/h7-12,17-18,23-24,43-44H,13-16H2,1-6H3/b29-25-,30-26+. The van der Waals surface area contributed by atoms with E-state index in [9.17, 15) is 19.8 Å². The topological polar surface area (TPSA) is 74.6 Å². The molecule has 4 bridgehead atoms. The molecule has 234 valence electrons. The van der Waals surface area contributed by atoms with E-state index in [1.807, 2.05) is 27.7 Å². The molecule has 4 unspecified atom stereocenters. The number of fused-ring (bicyclic) bond motifs is 4. The SMILES string of the molecule is CC12CCC(/C(=C(/O)C(F)(F)c3cccc(-c4cccc(C(F)(F)/C(O)=C5\C(=O)C6(C)CCC5C6(C)C)c4)c3)C1=O)C2(C)C. The van der Waals surface area contributed by atoms with Crippen molar-refractivity contribution in [3.8, 4) is 11.1 Å². The Hall–Kier alpha value is -3.42. The van der Waals surface area contributed by atoms with Crippen molar-refractivity contribution < 1.29 is 37.4 Å². The summed E-state index contributed by atoms with van der Waals surface area (Å²) in [6.07, 6.45) is 2.19. The number of carbonyl (C=O) groups is 2. The predicted molar refractivity (Wildman–Crippen MR) is 158 cm³/mol. The zero-order valence-corrected chi connectivity index (χ0v) is 25.8. The smallest absolute Gasteiger partial charge is 0.329 e. The van der Waals surface area contributed by atoms with Gasteiger partial charge < -0.3 is 10.2 Å². The van der Waals surface area contributed by atoms with Gasteiger partial charge in [0.05, 0.1) is 0 Å². The quantitative estimate of drug-likeness (QED) is 0.201. The molecule has 0 heterocycles. The minimum absolute atomic E-state index is 0.181. The van der Waals surface area contributed by atoms with Crippen molar-refractivity contribution in [3.05, 3.63) is 82.3 Å². The first-order chi connectivity index (χ1) is 20.2. The molecule has 4 fully saturated rings. The third-order valence-electron chi connectivity index (χ3n) is 12.5. The first-order valence-electron chi connectivity index (χ1n) is 15.2. The van der Waals surface area contributed by atoms with E-state index >= 15 is 17.6 Å². The summed E-state index contributed by atoms with van der Waals surface area (Å²) in [7, 11) is 0. The lowest BCUT2D eigenvalue weighted by atomic mass is 9.70. The van der Waals surface area contributed by atoms with Crippen LogP contribution in [0.15, 0.2) is 71.2 Å². The van der Waals surface area contributed by atoms with E-state index < -0.39 is 79.6 Å². The van der Waals surface area contributed by atoms with Crippen molar-refractivity contribution in [3.63, 3.8) is 0 Å². The van der Waals surface area contributed by atoms with Gasteiger partial charge in [-0.2, -0.15) is 17.6 Å². The highest BCUT2D eigenvalue weighted by molar-refractivity contribution is 6.06. The Balaban J connectivity index is 1.36. The number of allylic oxidation sites excluding steroid dienone is 4. The number of benzene rings is 2. The predicted octanol–water partition coefficient (Wildman–Crippen LogP) is 9.21. The van der Waals surface area contributed by atoms with Gasteiger partial charge in [0.1, 0.15) is 0 Å². The maximum absolute atomic E-state index is 15.9. The van der Waals surface area contributed by atoms with E-state index in [0.717, 1.165) is 24.3 Å². The molecule has 2 N–H and O–H groups in total. The van der Waals surface area contributed by atoms with Gasteiger partial charge in [-0.15, -0.1) is 0 Å². The second-order valence-corrected chi connectivity index (χ2v) is 14.8. The molecule has 4 saturated carbocycles. The summed E-state index contributed by atoms with van der Waals surface area (Å²) >= 11 is 0. The highest BCUT2D eigenvalue weighted by atomic mass is 19.3. The Bertz CT molecular complexity index is 1560. The van der Waals surface area contributed by atoms with Crippen LogP contribution in [0.5, 0.6) is 0 Å². The molecule has 0 amide bonds. The van der Waals surface area contributed by atoms with Crippen LogP contribution in [0.2, 0.25) is 0 Å². The highest BCUT2D eigenvalue weighted by Crippen LogP contribution is 2.68. The third-order valence-corrected chi connectivity index (χ3v) is 12.5. The molecule has 6 rings (SSSR count). The summed E-state index contributed by atoms with van der Waals surface area (Å²) in [6.45, 7) is 11.0. The van der Waals surface area contributed by atoms with Crippen LogP contribution in [0.1, 0.15) is 78.4 Å². The van der Waals surface area contributed by atoms with Crippen molar-refractivity contribution >= 4 is 11.6 Å². The number of aliphatic hydroxyl groups excluding tert-OH is 2. The maximum atomic E-state index is 15.9. The van der Waals surface area contributed by atoms with Crippen molar-refractivity contribution in [1.29, 1.82) is 0 Å². The number of hydrogen-bond donors (Lipinski definition) is 2. The van der Waals surface area contributed by atoms with Crippen molar-refractivity contribution in [2.75, 3.05) is 0 Å². The summed E-state index contributed by atoms with van der Waals surface area (Å²) in [4.78, 5) is 26.5. The van der Waals surface area contributed by atoms with Gasteiger partial charge in [-0.3, -0.25) is 9.59 Å². The van der Waals surface area contributed by atoms with Crippen molar-refractivity contribution in [2.24, 2.45) is 33.5 Å². The number of halogens is 4. The zero-order valence-electron chi connectivity index (χ0n) is 25.8. The molecule has 4 nitrogen and oxygen atoms in total. The molecule has 2 aromatic carbocycles. The molecule has 4 atom stereocenters. The van der Waals surface area contributed by atoms with Crippen LogP contribution in [-0.2, 0) is 21.4 Å². The molecule has 2 aromatic rings. The van der Waals surface area contributed by atoms with Gasteiger partial charge >= 0.3 is 11.8 Å². The Kier molecular flexibility index (Phi) is 6.31. The van der Waals surface area contributed by atoms with Gasteiger partial charge in [0, 0.05) is 33.1 Å². The summed E-state index contributed by atoms with van der Waals surface area (Å²) in [5, 5.41) is 21.8. The van der Waals surface area contributed by atoms with Crippen LogP contribution >= 0.6 is 0 Å². The molecule has 0 saturated heterocycles. The van der Waals surface area contributed by atoms with Crippen molar-refractivity contribution in [1.82, 2.24) is 0 Å². The van der Waals surface area contributed by atoms with Crippen LogP contribution in [0, 0.1) is 33.5 Å². The summed E-state index contributed by atoms with van der Waals surface area (Å²) in [5.41, 5.74) is -4.06. The first kappa shape index (κ1) is 30.6. The van der Waals surface area contributed by atoms with E-state index in [2.05, 4.69) is 0 Å². The molecule has 0 aliphatic heterocycles. The lowest BCUT2D eigenvalue weighted by molar-refractivity contribution is -0.126. The third kappa shape index (κ3) is 3.63. The maximum Gasteiger partial charge on any atom is 0.329 e. The first-order valence-corrected chi connectivity index (χ1v) is 15.2. The van der Waals surface area contributed by atoms with Crippen molar-refractivity contribution in [2.45, 2.75) is 79.1 Å². The van der Waals surface area contributed by atoms with E-state index in [0.29, 0.717) is 25.7 Å². The van der Waals surface area contributed by atoms with Gasteiger partial charge in [-0.05, 0) is 71.6 Å². The van der Waals surface area contributed by atoms with E-state index in [-0.39, 0.29) is 22.3 Å². The van der Waals surface area contributed by atoms with Crippen LogP contribution < -0.4 is 0 Å². The van der Waals surface area contributed by atoms with Crippen LogP contribution in [0.3, 0.4) is 0 Å². The minimum Gasteiger partial charge on any atom is -0.506 e. The van der Waals surface area contributed by atoms with E-state index in [1.54, 1.807) is 13.8 Å². The second-order valence-electron chi connectivity index (χ2n) is 14.8. The molecule has 4 aliphatic carbocycles. The molecular weight excluding hydrogens is 572 g/mol. The number of ketones is 2. The summed E-state index contributed by atoms with van der Waals surface area (Å²) < 4.78 is 63.5. The molecular formula is C36H38F4O4. The average Bonchev–Trinajstić information content (AvgIpc) is 3.47. The summed E-state index contributed by atoms with van der Waals surface area (Å²) in [6, 6.07) is 10.1. The lowest BCUT2D eigenvalue weighted by Crippen LogP contribution is -2.32. The monoisotopic (exact) mass is 610 g/mol. The van der Waals surface area contributed by atoms with Gasteiger partial charge in [0.15, 0.2) is 23.1 Å². The Morgan fingerprint density at radius 2 is 1.00 bits per heavy atom. The molecule has 8 heteroatoms. The Morgan fingerprint density at radius 3 is 1.30 bits per heavy atom. The normalized spacial score (nSPS) is 32.9. The van der Waals surface area contributed by atoms with Crippen LogP contribution in [0.4, 0.5) is 17.6 Å². The second kappa shape index (κ2) is 9.07. The molecule has 0 aromatic heterocycles. The zero-order chi connectivity index (χ0) is 32.4. The number of rotatable bonds is 5.